The van der Waals surface area contributed by atoms with Crippen molar-refractivity contribution >= 4 is 0 Å². The minimum Gasteiger partial charge on any atom is -0.316 e. The quantitative estimate of drug-likeness (QED) is 0.583. The summed E-state index contributed by atoms with van der Waals surface area (Å²) in [7, 11) is 0. The van der Waals surface area contributed by atoms with E-state index in [2.05, 4.69) is 26.1 Å². The first-order valence-electron chi connectivity index (χ1n) is 5.28. The Morgan fingerprint density at radius 3 is 1.92 bits per heavy atom. The highest BCUT2D eigenvalue weighted by Gasteiger charge is 2.41. The maximum Gasteiger partial charge on any atom is -0.00172 e. The minimum absolute atomic E-state index is 0.546. The Hall–Kier alpha value is -0.0400. The molecule has 2 fully saturated rings. The van der Waals surface area contributed by atoms with E-state index in [4.69, 9.17) is 0 Å². The minimum atomic E-state index is 0.546. The molecule has 2 rings (SSSR count). The SMILES string of the molecule is CC(C)(C)C1C[C@H]2CNC[C@H]2C1. The van der Waals surface area contributed by atoms with Crippen LogP contribution in [0.5, 0.6) is 0 Å². The summed E-state index contributed by atoms with van der Waals surface area (Å²) >= 11 is 0. The summed E-state index contributed by atoms with van der Waals surface area (Å²) in [6, 6.07) is 0. The second-order valence-corrected chi connectivity index (χ2v) is 5.71. The third-order valence-electron chi connectivity index (χ3n) is 3.88. The average molecular weight is 167 g/mol. The standard InChI is InChI=1S/C11H21N/c1-11(2,3)10-4-8-6-12-7-9(8)5-10/h8-10,12H,4-7H2,1-3H3/t8-,9+,10?. The van der Waals surface area contributed by atoms with Crippen molar-refractivity contribution < 1.29 is 0 Å². The zero-order valence-electron chi connectivity index (χ0n) is 8.56. The van der Waals surface area contributed by atoms with E-state index in [0.717, 1.165) is 17.8 Å². The number of nitrogens with one attached hydrogen (secondary N) is 1. The Bertz CT molecular complexity index is 156. The summed E-state index contributed by atoms with van der Waals surface area (Å²) in [6.07, 6.45) is 2.95. The molecule has 0 aromatic carbocycles. The molecule has 70 valence electrons. The second kappa shape index (κ2) is 2.73. The summed E-state index contributed by atoms with van der Waals surface area (Å²) in [6.45, 7) is 9.76. The van der Waals surface area contributed by atoms with E-state index in [1.807, 2.05) is 0 Å². The Labute approximate surface area is 75.9 Å². The molecule has 1 N–H and O–H groups in total. The molecule has 1 aliphatic heterocycles. The summed E-state index contributed by atoms with van der Waals surface area (Å²) in [5, 5.41) is 3.50. The van der Waals surface area contributed by atoms with Crippen LogP contribution in [0.2, 0.25) is 0 Å². The van der Waals surface area contributed by atoms with Crippen LogP contribution in [-0.4, -0.2) is 13.1 Å². The van der Waals surface area contributed by atoms with Gasteiger partial charge in [-0.2, -0.15) is 0 Å². The molecule has 0 bridgehead atoms. The number of hydrogen-bond donors (Lipinski definition) is 1. The highest BCUT2D eigenvalue weighted by atomic mass is 14.9. The lowest BCUT2D eigenvalue weighted by atomic mass is 9.79. The van der Waals surface area contributed by atoms with E-state index in [0.29, 0.717) is 5.41 Å². The van der Waals surface area contributed by atoms with Crippen molar-refractivity contribution in [1.29, 1.82) is 0 Å². The molecular formula is C11H21N. The molecule has 1 nitrogen and oxygen atoms in total. The molecule has 2 aliphatic rings. The van der Waals surface area contributed by atoms with Gasteiger partial charge in [-0.1, -0.05) is 20.8 Å². The first kappa shape index (κ1) is 8.55. The predicted molar refractivity (Wildman–Crippen MR) is 52.0 cm³/mol. The average Bonchev–Trinajstić information content (AvgIpc) is 2.37. The van der Waals surface area contributed by atoms with Crippen LogP contribution < -0.4 is 5.32 Å². The van der Waals surface area contributed by atoms with Gasteiger partial charge < -0.3 is 5.32 Å². The highest BCUT2D eigenvalue weighted by molar-refractivity contribution is 4.93. The molecule has 0 amide bonds. The van der Waals surface area contributed by atoms with Gasteiger partial charge in [0.2, 0.25) is 0 Å². The zero-order chi connectivity index (χ0) is 8.77. The van der Waals surface area contributed by atoms with Crippen LogP contribution in [0, 0.1) is 23.2 Å². The topological polar surface area (TPSA) is 12.0 Å². The number of fused-ring (bicyclic) bond motifs is 1. The smallest absolute Gasteiger partial charge is 0.00172 e. The molecule has 1 heteroatoms. The van der Waals surface area contributed by atoms with E-state index in [1.165, 1.54) is 25.9 Å². The fraction of sp³-hybridized carbons (Fsp3) is 1.00. The lowest BCUT2D eigenvalue weighted by Crippen LogP contribution is -2.21. The summed E-state index contributed by atoms with van der Waals surface area (Å²) < 4.78 is 0. The van der Waals surface area contributed by atoms with E-state index in [9.17, 15) is 0 Å². The van der Waals surface area contributed by atoms with Gasteiger partial charge in [-0.25, -0.2) is 0 Å². The van der Waals surface area contributed by atoms with Crippen LogP contribution in [0.25, 0.3) is 0 Å². The third kappa shape index (κ3) is 1.39. The van der Waals surface area contributed by atoms with E-state index in [1.54, 1.807) is 0 Å². The highest BCUT2D eigenvalue weighted by Crippen LogP contribution is 2.46. The maximum atomic E-state index is 3.50. The summed E-state index contributed by atoms with van der Waals surface area (Å²) in [4.78, 5) is 0. The van der Waals surface area contributed by atoms with Gasteiger partial charge in [0.05, 0.1) is 0 Å². The van der Waals surface area contributed by atoms with Gasteiger partial charge in [0.15, 0.2) is 0 Å². The van der Waals surface area contributed by atoms with Crippen LogP contribution in [0.4, 0.5) is 0 Å². The lowest BCUT2D eigenvalue weighted by molar-refractivity contribution is 0.233. The Balaban J connectivity index is 1.99. The third-order valence-corrected chi connectivity index (χ3v) is 3.88. The van der Waals surface area contributed by atoms with Gasteiger partial charge >= 0.3 is 0 Å². The first-order chi connectivity index (χ1) is 5.57. The molecule has 1 saturated heterocycles. The normalized spacial score (nSPS) is 41.8. The second-order valence-electron chi connectivity index (χ2n) is 5.71. The van der Waals surface area contributed by atoms with Gasteiger partial charge in [-0.3, -0.25) is 0 Å². The van der Waals surface area contributed by atoms with Gasteiger partial charge in [0, 0.05) is 0 Å². The monoisotopic (exact) mass is 167 g/mol. The van der Waals surface area contributed by atoms with Crippen LogP contribution in [-0.2, 0) is 0 Å². The largest absolute Gasteiger partial charge is 0.316 e. The molecule has 1 aliphatic carbocycles. The van der Waals surface area contributed by atoms with Crippen molar-refractivity contribution in [2.45, 2.75) is 33.6 Å². The van der Waals surface area contributed by atoms with Crippen molar-refractivity contribution in [1.82, 2.24) is 5.32 Å². The maximum absolute atomic E-state index is 3.50. The fourth-order valence-corrected chi connectivity index (χ4v) is 2.87. The lowest BCUT2D eigenvalue weighted by Gasteiger charge is -2.27. The molecule has 1 saturated carbocycles. The summed E-state index contributed by atoms with van der Waals surface area (Å²) in [5.74, 6) is 3.00. The van der Waals surface area contributed by atoms with Crippen molar-refractivity contribution in [2.75, 3.05) is 13.1 Å². The van der Waals surface area contributed by atoms with Crippen molar-refractivity contribution in [3.63, 3.8) is 0 Å². The predicted octanol–water partition coefficient (Wildman–Crippen LogP) is 2.28. The number of hydrogen-bond acceptors (Lipinski definition) is 1. The van der Waals surface area contributed by atoms with Gasteiger partial charge in [-0.05, 0) is 49.1 Å². The molecule has 0 aromatic rings. The van der Waals surface area contributed by atoms with Crippen molar-refractivity contribution in [2.24, 2.45) is 23.2 Å². The van der Waals surface area contributed by atoms with Crippen LogP contribution in [0.15, 0.2) is 0 Å². The Morgan fingerprint density at radius 2 is 1.50 bits per heavy atom. The van der Waals surface area contributed by atoms with Gasteiger partial charge in [0.1, 0.15) is 0 Å². The first-order valence-corrected chi connectivity index (χ1v) is 5.28. The molecule has 0 radical (unpaired) electrons. The Kier molecular flexibility index (Phi) is 1.95. The van der Waals surface area contributed by atoms with E-state index in [-0.39, 0.29) is 0 Å². The molecule has 1 unspecified atom stereocenters. The van der Waals surface area contributed by atoms with Crippen LogP contribution in [0.1, 0.15) is 33.6 Å². The molecule has 3 atom stereocenters. The summed E-state index contributed by atoms with van der Waals surface area (Å²) in [5.41, 5.74) is 0.546. The van der Waals surface area contributed by atoms with Gasteiger partial charge in [-0.15, -0.1) is 0 Å². The van der Waals surface area contributed by atoms with Crippen molar-refractivity contribution in [3.05, 3.63) is 0 Å². The van der Waals surface area contributed by atoms with E-state index >= 15 is 0 Å². The molecular weight excluding hydrogens is 146 g/mol. The molecule has 0 aromatic heterocycles. The van der Waals surface area contributed by atoms with Crippen LogP contribution in [0.3, 0.4) is 0 Å². The fourth-order valence-electron chi connectivity index (χ4n) is 2.87. The van der Waals surface area contributed by atoms with Crippen LogP contribution >= 0.6 is 0 Å². The molecule has 0 spiro atoms. The van der Waals surface area contributed by atoms with E-state index < -0.39 is 0 Å². The van der Waals surface area contributed by atoms with Crippen molar-refractivity contribution in [3.8, 4) is 0 Å². The molecule has 12 heavy (non-hydrogen) atoms. The Morgan fingerprint density at radius 1 is 1.00 bits per heavy atom. The van der Waals surface area contributed by atoms with Gasteiger partial charge in [0.25, 0.3) is 0 Å². The molecule has 1 heterocycles. The zero-order valence-corrected chi connectivity index (χ0v) is 8.56. The number of rotatable bonds is 0.